The van der Waals surface area contributed by atoms with Crippen LogP contribution in [0.5, 0.6) is 5.88 Å². The zero-order valence-corrected chi connectivity index (χ0v) is 15.5. The van der Waals surface area contributed by atoms with E-state index in [0.29, 0.717) is 19.0 Å². The Morgan fingerprint density at radius 2 is 1.96 bits per heavy atom. The van der Waals surface area contributed by atoms with E-state index in [-0.39, 0.29) is 11.9 Å². The second-order valence-electron chi connectivity index (χ2n) is 5.75. The lowest BCUT2D eigenvalue weighted by molar-refractivity contribution is 0.0241. The summed E-state index contributed by atoms with van der Waals surface area (Å²) < 4.78 is 8.06. The first-order chi connectivity index (χ1) is 11.6. The van der Waals surface area contributed by atoms with Crippen LogP contribution in [-0.4, -0.2) is 50.9 Å². The van der Waals surface area contributed by atoms with Crippen molar-refractivity contribution in [2.24, 2.45) is 0 Å². The van der Waals surface area contributed by atoms with Crippen LogP contribution >= 0.6 is 27.3 Å². The number of halogens is 1. The fourth-order valence-corrected chi connectivity index (χ4v) is 4.46. The van der Waals surface area contributed by atoms with Crippen molar-refractivity contribution >= 4 is 32.2 Å². The van der Waals surface area contributed by atoms with Gasteiger partial charge in [0.15, 0.2) is 0 Å². The number of hydrogen-bond acceptors (Lipinski definition) is 6. The van der Waals surface area contributed by atoms with E-state index in [2.05, 4.69) is 43.0 Å². The predicted octanol–water partition coefficient (Wildman–Crippen LogP) is 2.99. The minimum atomic E-state index is -0.0317. The van der Waals surface area contributed by atoms with Crippen molar-refractivity contribution in [2.45, 2.75) is 13.0 Å². The number of nitrogens with zero attached hydrogens (tertiary/aromatic N) is 4. The molecule has 1 unspecified atom stereocenters. The summed E-state index contributed by atoms with van der Waals surface area (Å²) in [7, 11) is 0. The molecular formula is C16H17BrN4O2S. The summed E-state index contributed by atoms with van der Waals surface area (Å²) in [6.07, 6.45) is 0. The topological polar surface area (TPSA) is 62.9 Å². The standard InChI is InChI=1S/C16H17BrN4O2S/c1-10-18-16-21(19-10)15(22)14(24-16)13(20-6-8-23-9-7-20)11-2-4-12(17)5-3-11/h2-5,13,22H,6-9H2,1H3. The van der Waals surface area contributed by atoms with E-state index in [4.69, 9.17) is 4.74 Å². The highest BCUT2D eigenvalue weighted by molar-refractivity contribution is 9.10. The van der Waals surface area contributed by atoms with Crippen molar-refractivity contribution in [1.82, 2.24) is 19.5 Å². The Balaban J connectivity index is 1.82. The smallest absolute Gasteiger partial charge is 0.230 e. The summed E-state index contributed by atoms with van der Waals surface area (Å²) in [4.78, 5) is 8.32. The number of thiazole rings is 1. The summed E-state index contributed by atoms with van der Waals surface area (Å²) in [5, 5.41) is 15.0. The summed E-state index contributed by atoms with van der Waals surface area (Å²) in [5.41, 5.74) is 1.14. The Bertz CT molecular complexity index is 855. The average Bonchev–Trinajstić information content (AvgIpc) is 3.09. The van der Waals surface area contributed by atoms with E-state index in [9.17, 15) is 5.11 Å². The van der Waals surface area contributed by atoms with Gasteiger partial charge in [0.05, 0.1) is 24.1 Å². The molecule has 1 aliphatic heterocycles. The largest absolute Gasteiger partial charge is 0.492 e. The molecule has 8 heteroatoms. The predicted molar refractivity (Wildman–Crippen MR) is 95.6 cm³/mol. The van der Waals surface area contributed by atoms with Crippen LogP contribution in [0.25, 0.3) is 4.96 Å². The van der Waals surface area contributed by atoms with Crippen molar-refractivity contribution in [3.8, 4) is 5.88 Å². The van der Waals surface area contributed by atoms with Crippen molar-refractivity contribution in [2.75, 3.05) is 26.3 Å². The molecular weight excluding hydrogens is 392 g/mol. The van der Waals surface area contributed by atoms with Crippen LogP contribution in [0.4, 0.5) is 0 Å². The second-order valence-corrected chi connectivity index (χ2v) is 7.67. The molecule has 2 aromatic heterocycles. The molecule has 0 aliphatic carbocycles. The maximum Gasteiger partial charge on any atom is 0.230 e. The third-order valence-electron chi connectivity index (χ3n) is 4.15. The first-order valence-corrected chi connectivity index (χ1v) is 9.37. The Labute approximate surface area is 151 Å². The molecule has 1 saturated heterocycles. The van der Waals surface area contributed by atoms with Gasteiger partial charge in [-0.05, 0) is 24.6 Å². The van der Waals surface area contributed by atoms with Crippen LogP contribution < -0.4 is 0 Å². The minimum absolute atomic E-state index is 0.0317. The number of fused-ring (bicyclic) bond motifs is 1. The molecule has 3 heterocycles. The van der Waals surface area contributed by atoms with Gasteiger partial charge in [-0.2, -0.15) is 4.52 Å². The summed E-state index contributed by atoms with van der Waals surface area (Å²) in [6.45, 7) is 4.88. The van der Waals surface area contributed by atoms with Crippen molar-refractivity contribution in [1.29, 1.82) is 0 Å². The molecule has 1 aromatic carbocycles. The molecule has 6 nitrogen and oxygen atoms in total. The van der Waals surface area contributed by atoms with Gasteiger partial charge in [-0.15, -0.1) is 5.10 Å². The highest BCUT2D eigenvalue weighted by atomic mass is 79.9. The van der Waals surface area contributed by atoms with Crippen molar-refractivity contribution in [3.05, 3.63) is 45.0 Å². The van der Waals surface area contributed by atoms with E-state index in [1.807, 2.05) is 19.1 Å². The van der Waals surface area contributed by atoms with Crippen LogP contribution in [0.3, 0.4) is 0 Å². The lowest BCUT2D eigenvalue weighted by atomic mass is 10.0. The number of ether oxygens (including phenoxy) is 1. The van der Waals surface area contributed by atoms with Crippen LogP contribution in [-0.2, 0) is 4.74 Å². The van der Waals surface area contributed by atoms with E-state index in [1.165, 1.54) is 15.9 Å². The fourth-order valence-electron chi connectivity index (χ4n) is 3.03. The second kappa shape index (κ2) is 6.44. The van der Waals surface area contributed by atoms with Gasteiger partial charge in [0, 0.05) is 17.6 Å². The number of benzene rings is 1. The quantitative estimate of drug-likeness (QED) is 0.721. The maximum absolute atomic E-state index is 10.7. The third-order valence-corrected chi connectivity index (χ3v) is 5.75. The van der Waals surface area contributed by atoms with E-state index >= 15 is 0 Å². The molecule has 24 heavy (non-hydrogen) atoms. The normalized spacial score (nSPS) is 17.4. The zero-order chi connectivity index (χ0) is 16.7. The zero-order valence-electron chi connectivity index (χ0n) is 13.1. The number of aromatic nitrogens is 3. The maximum atomic E-state index is 10.7. The first-order valence-electron chi connectivity index (χ1n) is 7.76. The molecule has 1 aliphatic rings. The van der Waals surface area contributed by atoms with Gasteiger partial charge >= 0.3 is 0 Å². The molecule has 0 amide bonds. The number of rotatable bonds is 3. The molecule has 0 radical (unpaired) electrons. The van der Waals surface area contributed by atoms with Crippen LogP contribution in [0, 0.1) is 6.92 Å². The lowest BCUT2D eigenvalue weighted by Gasteiger charge is -2.34. The minimum Gasteiger partial charge on any atom is -0.492 e. The van der Waals surface area contributed by atoms with Crippen molar-refractivity contribution in [3.63, 3.8) is 0 Å². The van der Waals surface area contributed by atoms with Crippen molar-refractivity contribution < 1.29 is 9.84 Å². The van der Waals surface area contributed by atoms with Gasteiger partial charge < -0.3 is 9.84 Å². The van der Waals surface area contributed by atoms with Crippen LogP contribution in [0.15, 0.2) is 28.7 Å². The van der Waals surface area contributed by atoms with Gasteiger partial charge in [-0.1, -0.05) is 39.4 Å². The highest BCUT2D eigenvalue weighted by Crippen LogP contribution is 2.40. The number of aromatic hydroxyl groups is 1. The van der Waals surface area contributed by atoms with Gasteiger partial charge in [-0.25, -0.2) is 4.98 Å². The molecule has 0 saturated carbocycles. The molecule has 126 valence electrons. The van der Waals surface area contributed by atoms with E-state index in [0.717, 1.165) is 33.0 Å². The molecule has 3 aromatic rings. The highest BCUT2D eigenvalue weighted by Gasteiger charge is 2.30. The van der Waals surface area contributed by atoms with Gasteiger partial charge in [0.25, 0.3) is 0 Å². The summed E-state index contributed by atoms with van der Waals surface area (Å²) in [6, 6.07) is 8.20. The molecule has 0 spiro atoms. The Hall–Kier alpha value is -1.48. The van der Waals surface area contributed by atoms with Gasteiger partial charge in [0.2, 0.25) is 10.8 Å². The lowest BCUT2D eigenvalue weighted by Crippen LogP contribution is -2.39. The average molecular weight is 409 g/mol. The third kappa shape index (κ3) is 2.83. The molecule has 1 N–H and O–H groups in total. The molecule has 1 atom stereocenters. The summed E-state index contributed by atoms with van der Waals surface area (Å²) in [5.74, 6) is 0.838. The molecule has 4 rings (SSSR count). The SMILES string of the molecule is Cc1nc2sc(C(c3ccc(Br)cc3)N3CCOCC3)c(O)n2n1. The summed E-state index contributed by atoms with van der Waals surface area (Å²) >= 11 is 4.98. The van der Waals surface area contributed by atoms with Gasteiger partial charge in [-0.3, -0.25) is 4.90 Å². The Morgan fingerprint density at radius 1 is 1.25 bits per heavy atom. The van der Waals surface area contributed by atoms with E-state index in [1.54, 1.807) is 0 Å². The van der Waals surface area contributed by atoms with Crippen LogP contribution in [0.1, 0.15) is 22.3 Å². The Kier molecular flexibility index (Phi) is 4.29. The van der Waals surface area contributed by atoms with Gasteiger partial charge in [0.1, 0.15) is 5.82 Å². The first kappa shape index (κ1) is 16.0. The van der Waals surface area contributed by atoms with E-state index < -0.39 is 0 Å². The van der Waals surface area contributed by atoms with Crippen LogP contribution in [0.2, 0.25) is 0 Å². The number of hydrogen-bond donors (Lipinski definition) is 1. The molecule has 1 fully saturated rings. The Morgan fingerprint density at radius 3 is 2.62 bits per heavy atom. The number of aryl methyl sites for hydroxylation is 1. The monoisotopic (exact) mass is 408 g/mol. The number of morpholine rings is 1. The molecule has 0 bridgehead atoms. The fraction of sp³-hybridized carbons (Fsp3) is 0.375.